The van der Waals surface area contributed by atoms with E-state index in [0.717, 1.165) is 109 Å². The summed E-state index contributed by atoms with van der Waals surface area (Å²) in [4.78, 5) is 37.8. The number of carbonyl (C=O) groups is 3. The van der Waals surface area contributed by atoms with Gasteiger partial charge in [0.05, 0.1) is 0 Å². The highest BCUT2D eigenvalue weighted by Crippen LogP contribution is 2.14. The molecule has 1 atom stereocenters. The zero-order valence-corrected chi connectivity index (χ0v) is 41.8. The fourth-order valence-electron chi connectivity index (χ4n) is 7.15. The summed E-state index contributed by atoms with van der Waals surface area (Å²) < 4.78 is 16.7. The van der Waals surface area contributed by atoms with Gasteiger partial charge in [0, 0.05) is 19.3 Å². The number of unbranched alkanes of at least 4 members (excludes halogenated alkanes) is 22. The molecule has 0 N–H and O–H groups in total. The summed E-state index contributed by atoms with van der Waals surface area (Å²) in [6.45, 7) is 6.42. The fourth-order valence-corrected chi connectivity index (χ4v) is 7.15. The Hall–Kier alpha value is -3.41. The van der Waals surface area contributed by atoms with Crippen LogP contribution in [0, 0.1) is 0 Å². The van der Waals surface area contributed by atoms with Crippen LogP contribution in [0.5, 0.6) is 0 Å². The van der Waals surface area contributed by atoms with Crippen LogP contribution in [-0.2, 0) is 28.6 Å². The van der Waals surface area contributed by atoms with Gasteiger partial charge in [-0.3, -0.25) is 14.4 Å². The van der Waals surface area contributed by atoms with E-state index in [1.54, 1.807) is 0 Å². The minimum Gasteiger partial charge on any atom is -0.462 e. The first-order valence-corrected chi connectivity index (χ1v) is 26.6. The molecule has 0 aliphatic carbocycles. The average Bonchev–Trinajstić information content (AvgIpc) is 3.29. The highest BCUT2D eigenvalue weighted by atomic mass is 16.6. The number of carbonyl (C=O) groups excluding carboxylic acids is 3. The summed E-state index contributed by atoms with van der Waals surface area (Å²) in [5.41, 5.74) is 0. The number of hydrogen-bond donors (Lipinski definition) is 0. The van der Waals surface area contributed by atoms with Crippen molar-refractivity contribution in [3.63, 3.8) is 0 Å². The van der Waals surface area contributed by atoms with Crippen LogP contribution in [0.3, 0.4) is 0 Å². The minimum absolute atomic E-state index is 0.0836. The van der Waals surface area contributed by atoms with Gasteiger partial charge in [-0.15, -0.1) is 0 Å². The van der Waals surface area contributed by atoms with Crippen molar-refractivity contribution in [2.75, 3.05) is 13.2 Å². The van der Waals surface area contributed by atoms with Gasteiger partial charge >= 0.3 is 17.9 Å². The smallest absolute Gasteiger partial charge is 0.306 e. The van der Waals surface area contributed by atoms with Crippen LogP contribution in [0.1, 0.15) is 245 Å². The quantitative estimate of drug-likeness (QED) is 0.0262. The van der Waals surface area contributed by atoms with Gasteiger partial charge < -0.3 is 14.2 Å². The predicted molar refractivity (Wildman–Crippen MR) is 274 cm³/mol. The van der Waals surface area contributed by atoms with E-state index in [2.05, 4.69) is 106 Å². The van der Waals surface area contributed by atoms with Gasteiger partial charge in [0.1, 0.15) is 13.2 Å². The summed E-state index contributed by atoms with van der Waals surface area (Å²) >= 11 is 0. The van der Waals surface area contributed by atoms with Crippen molar-refractivity contribution in [2.24, 2.45) is 0 Å². The largest absolute Gasteiger partial charge is 0.462 e. The highest BCUT2D eigenvalue weighted by Gasteiger charge is 2.19. The lowest BCUT2D eigenvalue weighted by atomic mass is 10.1. The Labute approximate surface area is 395 Å². The van der Waals surface area contributed by atoms with Gasteiger partial charge in [0.2, 0.25) is 0 Å². The third-order valence-electron chi connectivity index (χ3n) is 11.1. The maximum atomic E-state index is 12.8. The molecule has 0 saturated heterocycles. The van der Waals surface area contributed by atoms with Crippen molar-refractivity contribution in [3.8, 4) is 0 Å². The normalized spacial score (nSPS) is 12.7. The number of esters is 3. The van der Waals surface area contributed by atoms with E-state index in [1.807, 2.05) is 0 Å². The molecule has 0 aliphatic rings. The van der Waals surface area contributed by atoms with Crippen LogP contribution < -0.4 is 0 Å². The molecule has 64 heavy (non-hydrogen) atoms. The number of ether oxygens (including phenoxy) is 3. The van der Waals surface area contributed by atoms with Crippen molar-refractivity contribution in [1.29, 1.82) is 0 Å². The molecule has 0 radical (unpaired) electrons. The zero-order chi connectivity index (χ0) is 46.5. The molecule has 0 aromatic carbocycles. The second kappa shape index (κ2) is 52.2. The van der Waals surface area contributed by atoms with E-state index in [1.165, 1.54) is 96.3 Å². The summed E-state index contributed by atoms with van der Waals surface area (Å²) in [5.74, 6) is -0.912. The highest BCUT2D eigenvalue weighted by molar-refractivity contribution is 5.71. The molecule has 0 rings (SSSR count). The Kier molecular flexibility index (Phi) is 49.4. The molecule has 6 nitrogen and oxygen atoms in total. The standard InChI is InChI=1S/C58H98O6/c1-4-7-10-13-16-18-20-22-24-26-27-28-29-30-31-33-34-36-38-40-42-45-48-51-57(60)63-54-55(53-62-56(59)50-47-44-15-12-9-6-3)64-58(61)52-49-46-43-41-39-37-35-32-25-23-21-19-17-14-11-8-5-2/h7,10,16-19,22-25,27-28,30-31,55H,4-6,8-9,11-15,20-21,26,29,32-54H2,1-3H3/b10-7-,18-16-,19-17-,24-22-,25-23-,28-27-,31-30-. The van der Waals surface area contributed by atoms with Crippen LogP contribution in [0.25, 0.3) is 0 Å². The second-order valence-electron chi connectivity index (χ2n) is 17.4. The van der Waals surface area contributed by atoms with E-state index >= 15 is 0 Å². The van der Waals surface area contributed by atoms with Gasteiger partial charge in [0.25, 0.3) is 0 Å². The monoisotopic (exact) mass is 891 g/mol. The van der Waals surface area contributed by atoms with Crippen LogP contribution >= 0.6 is 0 Å². The van der Waals surface area contributed by atoms with Gasteiger partial charge in [-0.2, -0.15) is 0 Å². The lowest BCUT2D eigenvalue weighted by Gasteiger charge is -2.18. The minimum atomic E-state index is -0.782. The molecule has 0 saturated carbocycles. The fraction of sp³-hybridized carbons (Fsp3) is 0.707. The molecule has 0 aliphatic heterocycles. The topological polar surface area (TPSA) is 78.9 Å². The molecular weight excluding hydrogens is 793 g/mol. The first-order valence-electron chi connectivity index (χ1n) is 26.6. The Morgan fingerprint density at radius 1 is 0.328 bits per heavy atom. The van der Waals surface area contributed by atoms with Crippen molar-refractivity contribution >= 4 is 17.9 Å². The van der Waals surface area contributed by atoms with E-state index in [0.29, 0.717) is 19.3 Å². The van der Waals surface area contributed by atoms with Gasteiger partial charge in [-0.05, 0) is 96.3 Å². The number of allylic oxidation sites excluding steroid dienone is 14. The van der Waals surface area contributed by atoms with Gasteiger partial charge in [-0.1, -0.05) is 215 Å². The Morgan fingerprint density at radius 3 is 0.984 bits per heavy atom. The second-order valence-corrected chi connectivity index (χ2v) is 17.4. The Morgan fingerprint density at radius 2 is 0.609 bits per heavy atom. The number of rotatable bonds is 47. The molecule has 0 spiro atoms. The van der Waals surface area contributed by atoms with Crippen molar-refractivity contribution in [2.45, 2.75) is 252 Å². The molecule has 0 bridgehead atoms. The predicted octanol–water partition coefficient (Wildman–Crippen LogP) is 17.6. The van der Waals surface area contributed by atoms with Crippen molar-refractivity contribution < 1.29 is 28.6 Å². The SMILES string of the molecule is CC/C=C\C/C=C\C/C=C\C/C=C\C/C=C\CCCCCCCCCC(=O)OCC(COC(=O)CCCCCCCC)OC(=O)CCCCCCCCC/C=C\C/C=C\CCCCC. The summed E-state index contributed by atoms with van der Waals surface area (Å²) in [6.07, 6.45) is 67.3. The average molecular weight is 891 g/mol. The van der Waals surface area contributed by atoms with E-state index in [-0.39, 0.29) is 31.1 Å². The van der Waals surface area contributed by atoms with E-state index in [4.69, 9.17) is 14.2 Å². The van der Waals surface area contributed by atoms with Crippen LogP contribution in [-0.4, -0.2) is 37.2 Å². The molecule has 0 aromatic rings. The summed E-state index contributed by atoms with van der Waals surface area (Å²) in [6, 6.07) is 0. The molecule has 6 heteroatoms. The van der Waals surface area contributed by atoms with E-state index < -0.39 is 6.10 Å². The molecule has 366 valence electrons. The molecular formula is C58H98O6. The van der Waals surface area contributed by atoms with Gasteiger partial charge in [0.15, 0.2) is 6.10 Å². The van der Waals surface area contributed by atoms with Gasteiger partial charge in [-0.25, -0.2) is 0 Å². The summed E-state index contributed by atoms with van der Waals surface area (Å²) in [5, 5.41) is 0. The molecule has 0 amide bonds. The zero-order valence-electron chi connectivity index (χ0n) is 41.8. The first kappa shape index (κ1) is 60.6. The third-order valence-corrected chi connectivity index (χ3v) is 11.1. The van der Waals surface area contributed by atoms with Crippen LogP contribution in [0.15, 0.2) is 85.1 Å². The first-order chi connectivity index (χ1) is 31.5. The number of hydrogen-bond acceptors (Lipinski definition) is 6. The maximum absolute atomic E-state index is 12.8. The van der Waals surface area contributed by atoms with Crippen molar-refractivity contribution in [1.82, 2.24) is 0 Å². The molecule has 0 aromatic heterocycles. The Bertz CT molecular complexity index is 1250. The van der Waals surface area contributed by atoms with Crippen LogP contribution in [0.2, 0.25) is 0 Å². The lowest BCUT2D eigenvalue weighted by Crippen LogP contribution is -2.30. The molecule has 0 fully saturated rings. The maximum Gasteiger partial charge on any atom is 0.306 e. The van der Waals surface area contributed by atoms with E-state index in [9.17, 15) is 14.4 Å². The Balaban J connectivity index is 4.23. The lowest BCUT2D eigenvalue weighted by molar-refractivity contribution is -0.167. The molecule has 0 heterocycles. The summed E-state index contributed by atoms with van der Waals surface area (Å²) in [7, 11) is 0. The van der Waals surface area contributed by atoms with Crippen LogP contribution in [0.4, 0.5) is 0 Å². The molecule has 1 unspecified atom stereocenters. The van der Waals surface area contributed by atoms with Crippen molar-refractivity contribution in [3.05, 3.63) is 85.1 Å². The third kappa shape index (κ3) is 49.6.